The number of aryl methyl sites for hydroxylation is 1. The Labute approximate surface area is 163 Å². The summed E-state index contributed by atoms with van der Waals surface area (Å²) in [6.07, 6.45) is 0. The third-order valence-corrected chi connectivity index (χ3v) is 5.27. The van der Waals surface area contributed by atoms with Gasteiger partial charge in [0.1, 0.15) is 0 Å². The van der Waals surface area contributed by atoms with Crippen LogP contribution >= 0.6 is 0 Å². The third kappa shape index (κ3) is 2.81. The van der Waals surface area contributed by atoms with Gasteiger partial charge in [-0.25, -0.2) is 9.97 Å². The molecule has 1 N–H and O–H groups in total. The zero-order valence-corrected chi connectivity index (χ0v) is 16.5. The molecule has 3 aromatic rings. The molecule has 28 heavy (non-hydrogen) atoms. The van der Waals surface area contributed by atoms with E-state index in [0.717, 1.165) is 27.7 Å². The van der Waals surface area contributed by atoms with Crippen molar-refractivity contribution in [3.8, 4) is 17.1 Å². The summed E-state index contributed by atoms with van der Waals surface area (Å²) in [7, 11) is 1.57. The van der Waals surface area contributed by atoms with Gasteiger partial charge in [0, 0.05) is 17.0 Å². The van der Waals surface area contributed by atoms with Crippen LogP contribution in [0.3, 0.4) is 0 Å². The number of benzene rings is 1. The lowest BCUT2D eigenvalue weighted by Crippen LogP contribution is -2.30. The Kier molecular flexibility index (Phi) is 4.51. The Morgan fingerprint density at radius 2 is 2.00 bits per heavy atom. The van der Waals surface area contributed by atoms with Gasteiger partial charge >= 0.3 is 0 Å². The molecule has 1 aromatic carbocycles. The number of aliphatic hydroxyl groups is 1. The SMILES string of the molecule is COc1nc2c(cc1-c1cc(C)c3cccc(CO)c3n1)C(=O)N(C(C)C)C2. The average molecular weight is 377 g/mol. The number of pyridine rings is 2. The number of nitrogens with zero attached hydrogens (tertiary/aromatic N) is 3. The van der Waals surface area contributed by atoms with Gasteiger partial charge in [-0.05, 0) is 38.5 Å². The number of hydrogen-bond donors (Lipinski definition) is 1. The number of carbonyl (C=O) groups excluding carboxylic acids is 1. The first-order valence-electron chi connectivity index (χ1n) is 9.34. The number of fused-ring (bicyclic) bond motifs is 2. The van der Waals surface area contributed by atoms with Crippen LogP contribution in [0.25, 0.3) is 22.2 Å². The largest absolute Gasteiger partial charge is 0.480 e. The predicted octanol–water partition coefficient (Wildman–Crippen LogP) is 3.47. The van der Waals surface area contributed by atoms with Crippen molar-refractivity contribution in [3.05, 3.63) is 52.7 Å². The minimum Gasteiger partial charge on any atom is -0.480 e. The average Bonchev–Trinajstić information content (AvgIpc) is 3.02. The van der Waals surface area contributed by atoms with Gasteiger partial charge in [0.2, 0.25) is 5.88 Å². The topological polar surface area (TPSA) is 75.5 Å². The van der Waals surface area contributed by atoms with Gasteiger partial charge in [0.25, 0.3) is 5.91 Å². The third-order valence-electron chi connectivity index (χ3n) is 5.27. The van der Waals surface area contributed by atoms with E-state index in [4.69, 9.17) is 9.72 Å². The van der Waals surface area contributed by atoms with Crippen molar-refractivity contribution in [2.75, 3.05) is 7.11 Å². The number of rotatable bonds is 4. The Balaban J connectivity index is 1.92. The van der Waals surface area contributed by atoms with Crippen molar-refractivity contribution in [2.24, 2.45) is 0 Å². The second kappa shape index (κ2) is 6.87. The molecule has 1 aliphatic heterocycles. The number of para-hydroxylation sites is 1. The van der Waals surface area contributed by atoms with Crippen molar-refractivity contribution < 1.29 is 14.6 Å². The molecular weight excluding hydrogens is 354 g/mol. The number of methoxy groups -OCH3 is 1. The Bertz CT molecular complexity index is 1090. The van der Waals surface area contributed by atoms with Gasteiger partial charge in [0.15, 0.2) is 0 Å². The van der Waals surface area contributed by atoms with E-state index in [1.165, 1.54) is 0 Å². The highest BCUT2D eigenvalue weighted by molar-refractivity contribution is 5.99. The first-order chi connectivity index (χ1) is 13.4. The predicted molar refractivity (Wildman–Crippen MR) is 107 cm³/mol. The van der Waals surface area contributed by atoms with Crippen LogP contribution in [-0.4, -0.2) is 39.0 Å². The van der Waals surface area contributed by atoms with Crippen molar-refractivity contribution in [2.45, 2.75) is 40.0 Å². The fourth-order valence-electron chi connectivity index (χ4n) is 3.72. The van der Waals surface area contributed by atoms with Gasteiger partial charge in [-0.15, -0.1) is 0 Å². The summed E-state index contributed by atoms with van der Waals surface area (Å²) in [5.41, 5.74) is 5.22. The molecule has 0 saturated carbocycles. The van der Waals surface area contributed by atoms with Crippen LogP contribution in [0.2, 0.25) is 0 Å². The molecule has 0 spiro atoms. The van der Waals surface area contributed by atoms with Crippen LogP contribution < -0.4 is 4.74 Å². The molecule has 3 heterocycles. The Morgan fingerprint density at radius 3 is 2.68 bits per heavy atom. The maximum absolute atomic E-state index is 12.8. The molecule has 0 saturated heterocycles. The highest BCUT2D eigenvalue weighted by Crippen LogP contribution is 2.35. The van der Waals surface area contributed by atoms with Gasteiger partial charge < -0.3 is 14.7 Å². The fourth-order valence-corrected chi connectivity index (χ4v) is 3.72. The van der Waals surface area contributed by atoms with Crippen LogP contribution in [-0.2, 0) is 13.2 Å². The molecular formula is C22H23N3O3. The second-order valence-corrected chi connectivity index (χ2v) is 7.36. The first kappa shape index (κ1) is 18.4. The molecule has 0 unspecified atom stereocenters. The van der Waals surface area contributed by atoms with Crippen LogP contribution in [0.1, 0.15) is 41.0 Å². The van der Waals surface area contributed by atoms with E-state index in [-0.39, 0.29) is 18.6 Å². The lowest BCUT2D eigenvalue weighted by molar-refractivity contribution is 0.0730. The van der Waals surface area contributed by atoms with Crippen molar-refractivity contribution in [1.82, 2.24) is 14.9 Å². The minimum atomic E-state index is -0.0887. The first-order valence-corrected chi connectivity index (χ1v) is 9.34. The van der Waals surface area contributed by atoms with Crippen molar-refractivity contribution in [1.29, 1.82) is 0 Å². The summed E-state index contributed by atoms with van der Waals surface area (Å²) in [6, 6.07) is 9.67. The lowest BCUT2D eigenvalue weighted by Gasteiger charge is -2.19. The van der Waals surface area contributed by atoms with E-state index in [9.17, 15) is 9.90 Å². The summed E-state index contributed by atoms with van der Waals surface area (Å²) in [5, 5.41) is 10.7. The molecule has 4 rings (SSSR count). The molecule has 6 heteroatoms. The maximum Gasteiger partial charge on any atom is 0.256 e. The van der Waals surface area contributed by atoms with Crippen molar-refractivity contribution in [3.63, 3.8) is 0 Å². The summed E-state index contributed by atoms with van der Waals surface area (Å²) < 4.78 is 5.53. The van der Waals surface area contributed by atoms with E-state index in [1.54, 1.807) is 12.0 Å². The number of aromatic nitrogens is 2. The fraction of sp³-hybridized carbons (Fsp3) is 0.318. The zero-order valence-electron chi connectivity index (χ0n) is 16.5. The van der Waals surface area contributed by atoms with Crippen LogP contribution in [0.5, 0.6) is 5.88 Å². The summed E-state index contributed by atoms with van der Waals surface area (Å²) in [5.74, 6) is 0.430. The molecule has 0 radical (unpaired) electrons. The monoisotopic (exact) mass is 377 g/mol. The van der Waals surface area contributed by atoms with Crippen LogP contribution in [0, 0.1) is 6.92 Å². The Morgan fingerprint density at radius 1 is 1.21 bits per heavy atom. The van der Waals surface area contributed by atoms with Gasteiger partial charge in [0.05, 0.1) is 48.3 Å². The molecule has 0 fully saturated rings. The molecule has 1 amide bonds. The molecule has 144 valence electrons. The van der Waals surface area contributed by atoms with Gasteiger partial charge in [-0.2, -0.15) is 0 Å². The number of aliphatic hydroxyl groups excluding tert-OH is 1. The highest BCUT2D eigenvalue weighted by Gasteiger charge is 2.32. The standard InChI is InChI=1S/C22H23N3O3/c1-12(2)25-10-19-17(22(25)27)9-16(21(24-19)28-4)18-8-13(3)15-7-5-6-14(11-26)20(15)23-18/h5-9,12,26H,10-11H2,1-4H3. The number of carbonyl (C=O) groups is 1. The lowest BCUT2D eigenvalue weighted by atomic mass is 10.0. The Hall–Kier alpha value is -2.99. The number of ether oxygens (including phenoxy) is 1. The van der Waals surface area contributed by atoms with E-state index in [0.29, 0.717) is 29.2 Å². The molecule has 0 bridgehead atoms. The van der Waals surface area contributed by atoms with E-state index >= 15 is 0 Å². The normalized spacial score (nSPS) is 13.5. The molecule has 0 atom stereocenters. The molecule has 2 aromatic heterocycles. The van der Waals surface area contributed by atoms with E-state index < -0.39 is 0 Å². The van der Waals surface area contributed by atoms with Gasteiger partial charge in [-0.1, -0.05) is 18.2 Å². The molecule has 6 nitrogen and oxygen atoms in total. The van der Waals surface area contributed by atoms with Crippen LogP contribution in [0.15, 0.2) is 30.3 Å². The van der Waals surface area contributed by atoms with Gasteiger partial charge in [-0.3, -0.25) is 4.79 Å². The van der Waals surface area contributed by atoms with E-state index in [2.05, 4.69) is 4.98 Å². The zero-order chi connectivity index (χ0) is 20.0. The second-order valence-electron chi connectivity index (χ2n) is 7.36. The van der Waals surface area contributed by atoms with Crippen LogP contribution in [0.4, 0.5) is 0 Å². The molecule has 0 aliphatic carbocycles. The minimum absolute atomic E-state index is 0.0186. The summed E-state index contributed by atoms with van der Waals surface area (Å²) in [4.78, 5) is 24.0. The number of amides is 1. The highest BCUT2D eigenvalue weighted by atomic mass is 16.5. The quantitative estimate of drug-likeness (QED) is 0.753. The summed E-state index contributed by atoms with van der Waals surface area (Å²) in [6.45, 7) is 6.39. The number of hydrogen-bond acceptors (Lipinski definition) is 5. The molecule has 1 aliphatic rings. The van der Waals surface area contributed by atoms with Crippen molar-refractivity contribution >= 4 is 16.8 Å². The smallest absolute Gasteiger partial charge is 0.256 e. The maximum atomic E-state index is 12.8. The summed E-state index contributed by atoms with van der Waals surface area (Å²) >= 11 is 0. The van der Waals surface area contributed by atoms with E-state index in [1.807, 2.05) is 51.1 Å².